The van der Waals surface area contributed by atoms with Crippen LogP contribution in [0, 0.1) is 10.5 Å². The van der Waals surface area contributed by atoms with E-state index in [-0.39, 0.29) is 0 Å². The summed E-state index contributed by atoms with van der Waals surface area (Å²) in [7, 11) is 0. The molecule has 0 aliphatic carbocycles. The summed E-state index contributed by atoms with van der Waals surface area (Å²) in [4.78, 5) is 11.9. The second-order valence-electron chi connectivity index (χ2n) is 5.09. The van der Waals surface area contributed by atoms with Gasteiger partial charge in [-0.25, -0.2) is 9.97 Å². The lowest BCUT2D eigenvalue weighted by molar-refractivity contribution is 0.808. The fourth-order valence-corrected chi connectivity index (χ4v) is 3.73. The van der Waals surface area contributed by atoms with Gasteiger partial charge in [0.15, 0.2) is 5.82 Å². The first-order valence-corrected chi connectivity index (χ1v) is 8.80. The zero-order chi connectivity index (χ0) is 14.7. The van der Waals surface area contributed by atoms with Gasteiger partial charge in [-0.2, -0.15) is 0 Å². The van der Waals surface area contributed by atoms with Crippen molar-refractivity contribution in [2.24, 2.45) is 0 Å². The van der Waals surface area contributed by atoms with Crippen LogP contribution in [-0.4, -0.2) is 16.5 Å². The van der Waals surface area contributed by atoms with E-state index in [0.29, 0.717) is 5.92 Å². The van der Waals surface area contributed by atoms with Crippen molar-refractivity contribution in [2.75, 3.05) is 11.9 Å². The fraction of sp³-hybridized carbons (Fsp3) is 0.467. The van der Waals surface area contributed by atoms with E-state index in [1.807, 2.05) is 0 Å². The van der Waals surface area contributed by atoms with E-state index in [0.717, 1.165) is 38.7 Å². The van der Waals surface area contributed by atoms with Gasteiger partial charge in [0.25, 0.3) is 0 Å². The van der Waals surface area contributed by atoms with Crippen molar-refractivity contribution in [2.45, 2.75) is 40.0 Å². The monoisotopic (exact) mass is 401 g/mol. The van der Waals surface area contributed by atoms with Crippen LogP contribution in [0.15, 0.2) is 12.1 Å². The van der Waals surface area contributed by atoms with Crippen LogP contribution < -0.4 is 5.32 Å². The molecule has 0 unspecified atom stereocenters. The highest BCUT2D eigenvalue weighted by molar-refractivity contribution is 14.1. The van der Waals surface area contributed by atoms with Gasteiger partial charge in [-0.1, -0.05) is 20.8 Å². The summed E-state index contributed by atoms with van der Waals surface area (Å²) in [5.41, 5.74) is 1.13. The molecule has 0 aliphatic heterocycles. The van der Waals surface area contributed by atoms with Gasteiger partial charge in [0.05, 0.1) is 14.1 Å². The molecule has 0 spiro atoms. The molecule has 2 aromatic heterocycles. The number of anilines is 1. The lowest BCUT2D eigenvalue weighted by Crippen LogP contribution is -2.09. The van der Waals surface area contributed by atoms with E-state index >= 15 is 0 Å². The van der Waals surface area contributed by atoms with Crippen LogP contribution in [0.4, 0.5) is 5.82 Å². The molecule has 0 atom stereocenters. The Bertz CT molecular complexity index is 593. The third kappa shape index (κ3) is 3.49. The SMILES string of the molecule is CCCNc1nc(-c2ccc(C)s2)nc(C(C)C)c1I. The summed E-state index contributed by atoms with van der Waals surface area (Å²) in [5.74, 6) is 2.20. The molecule has 5 heteroatoms. The van der Waals surface area contributed by atoms with E-state index < -0.39 is 0 Å². The number of aromatic nitrogens is 2. The normalized spacial score (nSPS) is 11.1. The predicted octanol–water partition coefficient (Wildman–Crippen LogP) is 5.06. The van der Waals surface area contributed by atoms with E-state index in [1.165, 1.54) is 4.88 Å². The second kappa shape index (κ2) is 6.85. The molecule has 1 N–H and O–H groups in total. The first-order chi connectivity index (χ1) is 9.52. The van der Waals surface area contributed by atoms with Crippen molar-refractivity contribution in [1.82, 2.24) is 9.97 Å². The molecule has 2 heterocycles. The van der Waals surface area contributed by atoms with Gasteiger partial charge in [0.1, 0.15) is 5.82 Å². The van der Waals surface area contributed by atoms with Crippen LogP contribution in [0.3, 0.4) is 0 Å². The summed E-state index contributed by atoms with van der Waals surface area (Å²) < 4.78 is 1.14. The molecule has 0 aromatic carbocycles. The number of halogens is 1. The molecule has 0 radical (unpaired) electrons. The molecule has 0 aliphatic rings. The highest BCUT2D eigenvalue weighted by Gasteiger charge is 2.16. The fourth-order valence-electron chi connectivity index (χ4n) is 1.87. The predicted molar refractivity (Wildman–Crippen MR) is 95.7 cm³/mol. The van der Waals surface area contributed by atoms with E-state index in [4.69, 9.17) is 9.97 Å². The summed E-state index contributed by atoms with van der Waals surface area (Å²) in [5, 5.41) is 3.42. The maximum atomic E-state index is 4.78. The molecule has 0 saturated heterocycles. The van der Waals surface area contributed by atoms with Gasteiger partial charge in [0, 0.05) is 11.4 Å². The number of nitrogens with zero attached hydrogens (tertiary/aromatic N) is 2. The van der Waals surface area contributed by atoms with Crippen molar-refractivity contribution in [3.8, 4) is 10.7 Å². The first-order valence-electron chi connectivity index (χ1n) is 6.91. The summed E-state index contributed by atoms with van der Waals surface area (Å²) in [6.07, 6.45) is 1.09. The van der Waals surface area contributed by atoms with Crippen molar-refractivity contribution < 1.29 is 0 Å². The number of hydrogen-bond donors (Lipinski definition) is 1. The Labute approximate surface area is 138 Å². The largest absolute Gasteiger partial charge is 0.369 e. The molecule has 20 heavy (non-hydrogen) atoms. The quantitative estimate of drug-likeness (QED) is 0.712. The van der Waals surface area contributed by atoms with Crippen LogP contribution in [0.25, 0.3) is 10.7 Å². The Morgan fingerprint density at radius 2 is 2.05 bits per heavy atom. The average Bonchev–Trinajstić information content (AvgIpc) is 2.84. The van der Waals surface area contributed by atoms with Crippen LogP contribution in [0.2, 0.25) is 0 Å². The molecular weight excluding hydrogens is 381 g/mol. The van der Waals surface area contributed by atoms with E-state index in [2.05, 4.69) is 67.7 Å². The molecular formula is C15H20IN3S. The van der Waals surface area contributed by atoms with Gasteiger partial charge in [-0.15, -0.1) is 11.3 Å². The number of aryl methyl sites for hydroxylation is 1. The highest BCUT2D eigenvalue weighted by Crippen LogP contribution is 2.31. The number of hydrogen-bond acceptors (Lipinski definition) is 4. The smallest absolute Gasteiger partial charge is 0.171 e. The van der Waals surface area contributed by atoms with Crippen LogP contribution in [0.5, 0.6) is 0 Å². The minimum absolute atomic E-state index is 0.395. The highest BCUT2D eigenvalue weighted by atomic mass is 127. The molecule has 0 amide bonds. The van der Waals surface area contributed by atoms with Crippen LogP contribution >= 0.6 is 33.9 Å². The van der Waals surface area contributed by atoms with Crippen molar-refractivity contribution >= 4 is 39.7 Å². The third-order valence-electron chi connectivity index (χ3n) is 2.93. The van der Waals surface area contributed by atoms with E-state index in [9.17, 15) is 0 Å². The number of rotatable bonds is 5. The lowest BCUT2D eigenvalue weighted by Gasteiger charge is -2.14. The average molecular weight is 401 g/mol. The van der Waals surface area contributed by atoms with Crippen molar-refractivity contribution in [1.29, 1.82) is 0 Å². The zero-order valence-electron chi connectivity index (χ0n) is 12.3. The molecule has 0 saturated carbocycles. The zero-order valence-corrected chi connectivity index (χ0v) is 15.3. The Balaban J connectivity index is 2.49. The standard InChI is InChI=1S/C15H20IN3S/c1-5-8-17-15-12(16)13(9(2)3)18-14(19-15)11-7-6-10(4)20-11/h6-7,9H,5,8H2,1-4H3,(H,17,18,19). The van der Waals surface area contributed by atoms with E-state index in [1.54, 1.807) is 11.3 Å². The summed E-state index contributed by atoms with van der Waals surface area (Å²) in [6.45, 7) is 9.57. The Morgan fingerprint density at radius 3 is 2.60 bits per heavy atom. The lowest BCUT2D eigenvalue weighted by atomic mass is 10.1. The third-order valence-corrected chi connectivity index (χ3v) is 4.99. The molecule has 0 bridgehead atoms. The topological polar surface area (TPSA) is 37.8 Å². The molecule has 2 aromatic rings. The van der Waals surface area contributed by atoms with Crippen LogP contribution in [0.1, 0.15) is 43.7 Å². The van der Waals surface area contributed by atoms with Crippen molar-refractivity contribution in [3.05, 3.63) is 26.3 Å². The molecule has 108 valence electrons. The summed E-state index contributed by atoms with van der Waals surface area (Å²) in [6, 6.07) is 4.23. The number of thiophene rings is 1. The first kappa shape index (κ1) is 15.7. The van der Waals surface area contributed by atoms with Gasteiger partial charge in [-0.3, -0.25) is 0 Å². The minimum atomic E-state index is 0.395. The van der Waals surface area contributed by atoms with Gasteiger partial charge >= 0.3 is 0 Å². The molecule has 3 nitrogen and oxygen atoms in total. The van der Waals surface area contributed by atoms with Crippen LogP contribution in [-0.2, 0) is 0 Å². The van der Waals surface area contributed by atoms with Gasteiger partial charge < -0.3 is 5.32 Å². The van der Waals surface area contributed by atoms with Crippen molar-refractivity contribution in [3.63, 3.8) is 0 Å². The van der Waals surface area contributed by atoms with Gasteiger partial charge in [-0.05, 0) is 54.0 Å². The maximum absolute atomic E-state index is 4.78. The number of nitrogens with one attached hydrogen (secondary N) is 1. The molecule has 0 fully saturated rings. The molecule has 2 rings (SSSR count). The maximum Gasteiger partial charge on any atom is 0.171 e. The Morgan fingerprint density at radius 1 is 1.30 bits per heavy atom. The Kier molecular flexibility index (Phi) is 5.37. The second-order valence-corrected chi connectivity index (χ2v) is 7.45. The Hall–Kier alpha value is -0.690. The van der Waals surface area contributed by atoms with Gasteiger partial charge in [0.2, 0.25) is 0 Å². The summed E-state index contributed by atoms with van der Waals surface area (Å²) >= 11 is 4.10. The minimum Gasteiger partial charge on any atom is -0.369 e.